The van der Waals surface area contributed by atoms with Crippen LogP contribution in [-0.4, -0.2) is 37.0 Å². The minimum Gasteiger partial charge on any atom is -0.342 e. The second-order valence-electron chi connectivity index (χ2n) is 4.65. The van der Waals surface area contributed by atoms with E-state index in [1.54, 1.807) is 4.90 Å². The van der Waals surface area contributed by atoms with Gasteiger partial charge in [0.1, 0.15) is 0 Å². The van der Waals surface area contributed by atoms with Crippen molar-refractivity contribution in [1.82, 2.24) is 10.2 Å². The molecule has 0 saturated heterocycles. The lowest BCUT2D eigenvalue weighted by Gasteiger charge is -2.21. The highest BCUT2D eigenvalue weighted by Crippen LogP contribution is 2.09. The Kier molecular flexibility index (Phi) is 6.16. The molecule has 0 bridgehead atoms. The molecule has 0 aliphatic rings. The van der Waals surface area contributed by atoms with Gasteiger partial charge in [-0.1, -0.05) is 23.7 Å². The summed E-state index contributed by atoms with van der Waals surface area (Å²) in [6.07, 6.45) is 0.899. The third-order valence-electron chi connectivity index (χ3n) is 2.95. The molecule has 4 heteroatoms. The summed E-state index contributed by atoms with van der Waals surface area (Å²) in [6.45, 7) is 5.19. The number of amides is 1. The first-order valence-electron chi connectivity index (χ1n) is 6.21. The predicted octanol–water partition coefficient (Wildman–Crippen LogP) is 2.34. The number of rotatable bonds is 6. The molecule has 1 amide bonds. The molecular weight excluding hydrogens is 248 g/mol. The number of carbonyl (C=O) groups is 1. The second kappa shape index (κ2) is 7.39. The molecule has 1 aromatic rings. The molecule has 0 unspecified atom stereocenters. The van der Waals surface area contributed by atoms with Crippen LogP contribution in [0, 0.1) is 0 Å². The minimum absolute atomic E-state index is 0.126. The zero-order valence-corrected chi connectivity index (χ0v) is 12.0. The summed E-state index contributed by atoms with van der Waals surface area (Å²) < 4.78 is 0. The quantitative estimate of drug-likeness (QED) is 0.804. The summed E-state index contributed by atoms with van der Waals surface area (Å²) in [6, 6.07) is 8.02. The summed E-state index contributed by atoms with van der Waals surface area (Å²) in [5, 5.41) is 3.91. The number of halogens is 1. The average Bonchev–Trinajstić information content (AvgIpc) is 2.35. The van der Waals surface area contributed by atoms with Gasteiger partial charge in [-0.2, -0.15) is 0 Å². The van der Waals surface area contributed by atoms with Crippen LogP contribution in [0.1, 0.15) is 19.4 Å². The van der Waals surface area contributed by atoms with Gasteiger partial charge in [-0.15, -0.1) is 0 Å². The molecule has 0 fully saturated rings. The molecule has 100 valence electrons. The van der Waals surface area contributed by atoms with Gasteiger partial charge >= 0.3 is 0 Å². The summed E-state index contributed by atoms with van der Waals surface area (Å²) in [4.78, 5) is 13.4. The molecule has 1 N–H and O–H groups in total. The van der Waals surface area contributed by atoms with E-state index in [2.05, 4.69) is 5.32 Å². The lowest BCUT2D eigenvalue weighted by Crippen LogP contribution is -2.39. The van der Waals surface area contributed by atoms with Crippen LogP contribution >= 0.6 is 11.6 Å². The fourth-order valence-electron chi connectivity index (χ4n) is 1.49. The maximum absolute atomic E-state index is 11.7. The normalized spacial score (nSPS) is 10.7. The van der Waals surface area contributed by atoms with Crippen molar-refractivity contribution >= 4 is 17.5 Å². The molecule has 18 heavy (non-hydrogen) atoms. The predicted molar refractivity (Wildman–Crippen MR) is 75.9 cm³/mol. The molecule has 0 aromatic heterocycles. The summed E-state index contributed by atoms with van der Waals surface area (Å²) in [7, 11) is 1.83. The largest absolute Gasteiger partial charge is 0.342 e. The van der Waals surface area contributed by atoms with Crippen LogP contribution in [-0.2, 0) is 11.2 Å². The Bertz CT molecular complexity index is 376. The van der Waals surface area contributed by atoms with Gasteiger partial charge in [-0.3, -0.25) is 4.79 Å². The van der Waals surface area contributed by atoms with Crippen molar-refractivity contribution in [3.05, 3.63) is 34.9 Å². The maximum atomic E-state index is 11.7. The topological polar surface area (TPSA) is 32.3 Å². The van der Waals surface area contributed by atoms with Gasteiger partial charge in [0, 0.05) is 18.1 Å². The van der Waals surface area contributed by atoms with E-state index < -0.39 is 0 Å². The SMILES string of the molecule is CC(C)N(C)C(=O)CNCCc1ccc(Cl)cc1. The highest BCUT2D eigenvalue weighted by atomic mass is 35.5. The van der Waals surface area contributed by atoms with Gasteiger partial charge in [-0.25, -0.2) is 0 Å². The summed E-state index contributed by atoms with van der Waals surface area (Å²) >= 11 is 5.81. The van der Waals surface area contributed by atoms with Gasteiger partial charge in [0.2, 0.25) is 5.91 Å². The van der Waals surface area contributed by atoms with Crippen LogP contribution in [0.5, 0.6) is 0 Å². The number of likely N-dealkylation sites (N-methyl/N-ethyl adjacent to an activating group) is 1. The first kappa shape index (κ1) is 15.0. The van der Waals surface area contributed by atoms with Crippen molar-refractivity contribution in [1.29, 1.82) is 0 Å². The molecule has 0 spiro atoms. The zero-order valence-electron chi connectivity index (χ0n) is 11.2. The Balaban J connectivity index is 2.23. The third-order valence-corrected chi connectivity index (χ3v) is 3.20. The lowest BCUT2D eigenvalue weighted by molar-refractivity contribution is -0.130. The molecule has 1 rings (SSSR count). The van der Waals surface area contributed by atoms with Crippen LogP contribution < -0.4 is 5.32 Å². The lowest BCUT2D eigenvalue weighted by atomic mass is 10.1. The number of carbonyl (C=O) groups excluding carboxylic acids is 1. The molecule has 0 aliphatic carbocycles. The average molecular weight is 269 g/mol. The van der Waals surface area contributed by atoms with Crippen LogP contribution in [0.15, 0.2) is 24.3 Å². The van der Waals surface area contributed by atoms with Gasteiger partial charge in [-0.05, 0) is 44.5 Å². The molecule has 1 aromatic carbocycles. The number of nitrogens with one attached hydrogen (secondary N) is 1. The summed E-state index contributed by atoms with van der Waals surface area (Å²) in [5.41, 5.74) is 1.22. The standard InChI is InChI=1S/C14H21ClN2O/c1-11(2)17(3)14(18)10-16-9-8-12-4-6-13(15)7-5-12/h4-7,11,16H,8-10H2,1-3H3. The fourth-order valence-corrected chi connectivity index (χ4v) is 1.62. The Morgan fingerprint density at radius 2 is 1.94 bits per heavy atom. The molecule has 0 atom stereocenters. The van der Waals surface area contributed by atoms with Crippen molar-refractivity contribution in [3.8, 4) is 0 Å². The van der Waals surface area contributed by atoms with Gasteiger partial charge < -0.3 is 10.2 Å². The van der Waals surface area contributed by atoms with E-state index in [0.29, 0.717) is 6.54 Å². The van der Waals surface area contributed by atoms with E-state index in [0.717, 1.165) is 18.0 Å². The van der Waals surface area contributed by atoms with Crippen molar-refractivity contribution < 1.29 is 4.79 Å². The highest BCUT2D eigenvalue weighted by molar-refractivity contribution is 6.30. The molecule has 0 radical (unpaired) electrons. The van der Waals surface area contributed by atoms with Gasteiger partial charge in [0.15, 0.2) is 0 Å². The monoisotopic (exact) mass is 268 g/mol. The van der Waals surface area contributed by atoms with E-state index in [1.165, 1.54) is 5.56 Å². The number of nitrogens with zero attached hydrogens (tertiary/aromatic N) is 1. The molecule has 0 heterocycles. The fraction of sp³-hybridized carbons (Fsp3) is 0.500. The van der Waals surface area contributed by atoms with Crippen molar-refractivity contribution in [2.24, 2.45) is 0 Å². The smallest absolute Gasteiger partial charge is 0.236 e. The zero-order chi connectivity index (χ0) is 13.5. The molecule has 0 saturated carbocycles. The van der Waals surface area contributed by atoms with Crippen molar-refractivity contribution in [2.75, 3.05) is 20.1 Å². The first-order chi connectivity index (χ1) is 8.50. The van der Waals surface area contributed by atoms with E-state index >= 15 is 0 Å². The van der Waals surface area contributed by atoms with Crippen LogP contribution in [0.2, 0.25) is 5.02 Å². The second-order valence-corrected chi connectivity index (χ2v) is 5.09. The maximum Gasteiger partial charge on any atom is 0.236 e. The van der Waals surface area contributed by atoms with Gasteiger partial charge in [0.25, 0.3) is 0 Å². The molecule has 0 aliphatic heterocycles. The molecular formula is C14H21ClN2O. The highest BCUT2D eigenvalue weighted by Gasteiger charge is 2.10. The van der Waals surface area contributed by atoms with E-state index in [9.17, 15) is 4.79 Å². The number of benzene rings is 1. The van der Waals surface area contributed by atoms with E-state index in [4.69, 9.17) is 11.6 Å². The molecule has 3 nitrogen and oxygen atoms in total. The number of hydrogen-bond acceptors (Lipinski definition) is 2. The Morgan fingerprint density at radius 1 is 1.33 bits per heavy atom. The van der Waals surface area contributed by atoms with Crippen LogP contribution in [0.4, 0.5) is 0 Å². The van der Waals surface area contributed by atoms with Crippen LogP contribution in [0.25, 0.3) is 0 Å². The first-order valence-corrected chi connectivity index (χ1v) is 6.59. The number of hydrogen-bond donors (Lipinski definition) is 1. The van der Waals surface area contributed by atoms with Crippen molar-refractivity contribution in [2.45, 2.75) is 26.3 Å². The summed E-state index contributed by atoms with van der Waals surface area (Å²) in [5.74, 6) is 0.126. The Morgan fingerprint density at radius 3 is 2.50 bits per heavy atom. The Hall–Kier alpha value is -1.06. The van der Waals surface area contributed by atoms with E-state index in [1.807, 2.05) is 45.2 Å². The van der Waals surface area contributed by atoms with Crippen LogP contribution in [0.3, 0.4) is 0 Å². The van der Waals surface area contributed by atoms with Gasteiger partial charge in [0.05, 0.1) is 6.54 Å². The Labute approximate surface area is 114 Å². The van der Waals surface area contributed by atoms with E-state index in [-0.39, 0.29) is 11.9 Å². The van der Waals surface area contributed by atoms with Crippen molar-refractivity contribution in [3.63, 3.8) is 0 Å². The minimum atomic E-state index is 0.126. The third kappa shape index (κ3) is 5.07.